The molecule has 2 aromatic heterocycles. The highest BCUT2D eigenvalue weighted by Crippen LogP contribution is 2.41. The molecule has 12 nitrogen and oxygen atoms in total. The number of amides is 1. The fourth-order valence-electron chi connectivity index (χ4n) is 7.96. The Labute approximate surface area is 328 Å². The Balaban J connectivity index is 0.000000172. The van der Waals surface area contributed by atoms with Crippen LogP contribution in [0.5, 0.6) is 0 Å². The summed E-state index contributed by atoms with van der Waals surface area (Å²) in [6, 6.07) is 15.1. The average Bonchev–Trinajstić information content (AvgIpc) is 3.45. The zero-order chi connectivity index (χ0) is 38.6. The van der Waals surface area contributed by atoms with Crippen molar-refractivity contribution in [2.75, 3.05) is 32.8 Å². The first kappa shape index (κ1) is 38.1. The van der Waals surface area contributed by atoms with E-state index in [1.54, 1.807) is 24.0 Å². The van der Waals surface area contributed by atoms with E-state index < -0.39 is 4.92 Å². The first-order valence-corrected chi connectivity index (χ1v) is 19.3. The highest BCUT2D eigenvalue weighted by molar-refractivity contribution is 6.31. The van der Waals surface area contributed by atoms with Crippen molar-refractivity contribution >= 4 is 51.8 Å². The monoisotopic (exact) mass is 782 g/mol. The van der Waals surface area contributed by atoms with Gasteiger partial charge in [-0.05, 0) is 129 Å². The van der Waals surface area contributed by atoms with Crippen molar-refractivity contribution in [2.45, 2.75) is 58.3 Å². The molecule has 0 bridgehead atoms. The maximum atomic E-state index is 12.1. The SMILES string of the molecule is CCOC(=O)N1CCC(=C2c3ccc(Cl)cc3CCc3cc([N+](=O)[O-])cnc32)CC1.O=[N+]([O-])c1cnc2c(c1)CCc1cc(Cl)ccc1C2=C1CCNCC1. The number of rotatable bonds is 3. The number of ether oxygens (including phenoxy) is 1. The highest BCUT2D eigenvalue weighted by Gasteiger charge is 2.29. The molecule has 2 aromatic carbocycles. The lowest BCUT2D eigenvalue weighted by Crippen LogP contribution is -2.37. The summed E-state index contributed by atoms with van der Waals surface area (Å²) in [4.78, 5) is 44.5. The highest BCUT2D eigenvalue weighted by atomic mass is 35.5. The lowest BCUT2D eigenvalue weighted by molar-refractivity contribution is -0.385. The van der Waals surface area contributed by atoms with Gasteiger partial charge >= 0.3 is 6.09 Å². The summed E-state index contributed by atoms with van der Waals surface area (Å²) in [7, 11) is 0. The fourth-order valence-corrected chi connectivity index (χ4v) is 8.35. The van der Waals surface area contributed by atoms with E-state index in [1.165, 1.54) is 34.7 Å². The van der Waals surface area contributed by atoms with E-state index >= 15 is 0 Å². The van der Waals surface area contributed by atoms with Crippen LogP contribution in [0.2, 0.25) is 10.0 Å². The second-order valence-corrected chi connectivity index (χ2v) is 14.8. The molecule has 0 unspecified atom stereocenters. The fraction of sp³-hybridized carbons (Fsp3) is 0.341. The first-order valence-electron chi connectivity index (χ1n) is 18.5. The predicted molar refractivity (Wildman–Crippen MR) is 211 cm³/mol. The molecule has 4 aliphatic rings. The molecule has 2 fully saturated rings. The third-order valence-electron chi connectivity index (χ3n) is 10.6. The Bertz CT molecular complexity index is 2240. The minimum absolute atomic E-state index is 0.000723. The Hall–Kier alpha value is -5.17. The van der Waals surface area contributed by atoms with Gasteiger partial charge in [0.1, 0.15) is 12.4 Å². The van der Waals surface area contributed by atoms with Gasteiger partial charge in [-0.3, -0.25) is 20.2 Å². The van der Waals surface area contributed by atoms with Gasteiger partial charge in [-0.2, -0.15) is 0 Å². The molecule has 0 radical (unpaired) electrons. The Morgan fingerprint density at radius 1 is 0.709 bits per heavy atom. The van der Waals surface area contributed by atoms with Crippen molar-refractivity contribution in [3.8, 4) is 0 Å². The molecule has 2 aliphatic heterocycles. The molecule has 55 heavy (non-hydrogen) atoms. The van der Waals surface area contributed by atoms with Gasteiger partial charge < -0.3 is 15.0 Å². The molecule has 1 N–H and O–H groups in total. The molecule has 8 rings (SSSR count). The number of likely N-dealkylation sites (tertiary alicyclic amines) is 1. The maximum Gasteiger partial charge on any atom is 0.409 e. The summed E-state index contributed by atoms with van der Waals surface area (Å²) in [5.74, 6) is 0. The Morgan fingerprint density at radius 2 is 1.16 bits per heavy atom. The van der Waals surface area contributed by atoms with Crippen molar-refractivity contribution in [3.63, 3.8) is 0 Å². The zero-order valence-corrected chi connectivity index (χ0v) is 31.9. The number of nitro groups is 2. The number of piperidine rings is 2. The summed E-state index contributed by atoms with van der Waals surface area (Å²) < 4.78 is 5.12. The molecule has 284 valence electrons. The number of carbonyl (C=O) groups excluding carboxylic acids is 1. The van der Waals surface area contributed by atoms with Crippen LogP contribution in [0.1, 0.15) is 77.4 Å². The van der Waals surface area contributed by atoms with E-state index in [1.807, 2.05) is 30.3 Å². The number of benzene rings is 2. The number of hydrogen-bond donors (Lipinski definition) is 1. The van der Waals surface area contributed by atoms with E-state index in [-0.39, 0.29) is 22.4 Å². The molecule has 4 heterocycles. The van der Waals surface area contributed by atoms with Crippen molar-refractivity contribution in [3.05, 3.63) is 147 Å². The molecule has 2 saturated heterocycles. The summed E-state index contributed by atoms with van der Waals surface area (Å²) in [6.45, 7) is 5.19. The average molecular weight is 784 g/mol. The number of nitrogens with one attached hydrogen (secondary N) is 1. The normalized spacial score (nSPS) is 16.3. The summed E-state index contributed by atoms with van der Waals surface area (Å²) in [5.41, 5.74) is 12.8. The van der Waals surface area contributed by atoms with Crippen LogP contribution in [0, 0.1) is 20.2 Å². The standard InChI is InChI=1S/C22H22ClN3O4.C19H18ClN3O2/c1-2-30-22(27)25-9-7-14(8-10-25)20-19-6-5-17(23)11-15(19)3-4-16-12-18(26(28)29)13-24-21(16)20;20-15-3-4-17-13(9-15)1-2-14-10-16(23(24)25)11-22-19(14)18(17)12-5-7-21-8-6-12/h5-6,11-13H,2-4,7-10H2,1H3;3-4,9-11,21H,1-2,5-8H2. The predicted octanol–water partition coefficient (Wildman–Crippen LogP) is 8.72. The lowest BCUT2D eigenvalue weighted by atomic mass is 9.88. The van der Waals surface area contributed by atoms with Crippen LogP contribution in [0.25, 0.3) is 11.1 Å². The van der Waals surface area contributed by atoms with Gasteiger partial charge in [0.05, 0.1) is 27.8 Å². The smallest absolute Gasteiger partial charge is 0.409 e. The number of aryl methyl sites for hydroxylation is 4. The molecular weight excluding hydrogens is 743 g/mol. The largest absolute Gasteiger partial charge is 0.450 e. The van der Waals surface area contributed by atoms with E-state index in [4.69, 9.17) is 27.9 Å². The van der Waals surface area contributed by atoms with Crippen LogP contribution >= 0.6 is 23.2 Å². The quantitative estimate of drug-likeness (QED) is 0.159. The van der Waals surface area contributed by atoms with Crippen LogP contribution in [0.15, 0.2) is 72.1 Å². The zero-order valence-electron chi connectivity index (χ0n) is 30.4. The molecular formula is C41H40Cl2N6O6. The topological polar surface area (TPSA) is 154 Å². The summed E-state index contributed by atoms with van der Waals surface area (Å²) >= 11 is 12.5. The maximum absolute atomic E-state index is 12.1. The molecule has 2 aliphatic carbocycles. The molecule has 14 heteroatoms. The molecule has 4 aromatic rings. The molecule has 0 spiro atoms. The summed E-state index contributed by atoms with van der Waals surface area (Å²) in [5, 5.41) is 27.2. The minimum Gasteiger partial charge on any atom is -0.450 e. The third kappa shape index (κ3) is 8.26. The van der Waals surface area contributed by atoms with Gasteiger partial charge in [0, 0.05) is 46.4 Å². The van der Waals surface area contributed by atoms with Crippen LogP contribution in [-0.2, 0) is 30.4 Å². The first-order chi connectivity index (χ1) is 26.6. The van der Waals surface area contributed by atoms with Gasteiger partial charge in [-0.15, -0.1) is 0 Å². The van der Waals surface area contributed by atoms with Crippen LogP contribution in [0.3, 0.4) is 0 Å². The second kappa shape index (κ2) is 16.7. The Morgan fingerprint density at radius 3 is 1.62 bits per heavy atom. The minimum atomic E-state index is -0.410. The number of fused-ring (bicyclic) bond motifs is 4. The van der Waals surface area contributed by atoms with Crippen molar-refractivity contribution in [1.82, 2.24) is 20.2 Å². The molecule has 0 atom stereocenters. The van der Waals surface area contributed by atoms with E-state index in [0.29, 0.717) is 44.0 Å². The van der Waals surface area contributed by atoms with Crippen LogP contribution < -0.4 is 5.32 Å². The second-order valence-electron chi connectivity index (χ2n) is 13.9. The van der Waals surface area contributed by atoms with Crippen LogP contribution in [-0.4, -0.2) is 63.6 Å². The van der Waals surface area contributed by atoms with E-state index in [9.17, 15) is 25.0 Å². The van der Waals surface area contributed by atoms with Gasteiger partial charge in [0.2, 0.25) is 0 Å². The lowest BCUT2D eigenvalue weighted by Gasteiger charge is -2.29. The van der Waals surface area contributed by atoms with E-state index in [2.05, 4.69) is 21.4 Å². The Kier molecular flexibility index (Phi) is 11.6. The number of pyridine rings is 2. The number of carbonyl (C=O) groups is 1. The van der Waals surface area contributed by atoms with Crippen molar-refractivity contribution < 1.29 is 19.4 Å². The van der Waals surface area contributed by atoms with Crippen LogP contribution in [0.4, 0.5) is 16.2 Å². The molecule has 0 saturated carbocycles. The number of aromatic nitrogens is 2. The van der Waals surface area contributed by atoms with Crippen molar-refractivity contribution in [2.24, 2.45) is 0 Å². The van der Waals surface area contributed by atoms with E-state index in [0.717, 1.165) is 95.0 Å². The molecule has 1 amide bonds. The number of hydrogen-bond acceptors (Lipinski definition) is 9. The number of nitrogens with zero attached hydrogens (tertiary/aromatic N) is 5. The summed E-state index contributed by atoms with van der Waals surface area (Å²) in [6.07, 6.45) is 8.68. The van der Waals surface area contributed by atoms with Gasteiger partial charge in [0.25, 0.3) is 11.4 Å². The number of halogens is 2. The van der Waals surface area contributed by atoms with Gasteiger partial charge in [0.15, 0.2) is 0 Å². The van der Waals surface area contributed by atoms with Gasteiger partial charge in [-0.1, -0.05) is 46.5 Å². The third-order valence-corrected chi connectivity index (χ3v) is 11.1. The van der Waals surface area contributed by atoms with Crippen molar-refractivity contribution in [1.29, 1.82) is 0 Å². The van der Waals surface area contributed by atoms with Gasteiger partial charge in [-0.25, -0.2) is 14.8 Å².